The third-order valence-electron chi connectivity index (χ3n) is 8.11. The van der Waals surface area contributed by atoms with Crippen molar-refractivity contribution in [3.05, 3.63) is 131 Å². The standard InChI is InChI=1S/C34H23ClN2O5/c35-23-13-15-24(16-14-23)36-32(39)28-27-19-12-20-6-4-5-9-26(20)37(27)30(29(28)33(36)40)34(41)42-25-17-10-22(11-18-25)31(38)21-7-2-1-3-8-21/h1-19,27-30H/t27-,28-,29-,30-/m1/s1. The lowest BCUT2D eigenvalue weighted by atomic mass is 9.89. The number of esters is 1. The van der Waals surface area contributed by atoms with Crippen molar-refractivity contribution in [2.75, 3.05) is 9.80 Å². The maximum absolute atomic E-state index is 13.9. The normalized spacial score (nSPS) is 22.0. The molecule has 0 aliphatic carbocycles. The Morgan fingerprint density at radius 1 is 0.714 bits per heavy atom. The number of hydrogen-bond donors (Lipinski definition) is 0. The van der Waals surface area contributed by atoms with E-state index < -0.39 is 35.8 Å². The number of imide groups is 1. The number of benzene rings is 4. The fourth-order valence-corrected chi connectivity index (χ4v) is 6.36. The molecule has 0 bridgehead atoms. The zero-order valence-corrected chi connectivity index (χ0v) is 22.8. The van der Waals surface area contributed by atoms with Gasteiger partial charge in [0.2, 0.25) is 11.8 Å². The molecule has 3 heterocycles. The first-order chi connectivity index (χ1) is 20.4. The number of rotatable bonds is 5. The minimum atomic E-state index is -1.05. The van der Waals surface area contributed by atoms with E-state index in [0.717, 1.165) is 16.2 Å². The second kappa shape index (κ2) is 10.1. The van der Waals surface area contributed by atoms with Crippen LogP contribution in [-0.2, 0) is 14.4 Å². The number of anilines is 2. The van der Waals surface area contributed by atoms with Gasteiger partial charge in [0.25, 0.3) is 0 Å². The van der Waals surface area contributed by atoms with Gasteiger partial charge < -0.3 is 9.64 Å². The van der Waals surface area contributed by atoms with Gasteiger partial charge >= 0.3 is 5.97 Å². The third-order valence-corrected chi connectivity index (χ3v) is 8.36. The predicted molar refractivity (Wildman–Crippen MR) is 158 cm³/mol. The Morgan fingerprint density at radius 3 is 2.10 bits per heavy atom. The van der Waals surface area contributed by atoms with E-state index in [-0.39, 0.29) is 17.4 Å². The Kier molecular flexibility index (Phi) is 6.25. The van der Waals surface area contributed by atoms with Gasteiger partial charge in [-0.05, 0) is 60.2 Å². The van der Waals surface area contributed by atoms with Crippen LogP contribution >= 0.6 is 11.6 Å². The van der Waals surface area contributed by atoms with Crippen LogP contribution in [-0.4, -0.2) is 35.7 Å². The van der Waals surface area contributed by atoms with Crippen LogP contribution in [0.5, 0.6) is 5.75 Å². The van der Waals surface area contributed by atoms with E-state index in [1.165, 1.54) is 0 Å². The van der Waals surface area contributed by atoms with Crippen LogP contribution in [0.4, 0.5) is 11.4 Å². The van der Waals surface area contributed by atoms with Gasteiger partial charge in [-0.3, -0.25) is 14.4 Å². The molecule has 3 aliphatic rings. The van der Waals surface area contributed by atoms with E-state index in [1.54, 1.807) is 72.8 Å². The first kappa shape index (κ1) is 25.9. The molecule has 0 N–H and O–H groups in total. The summed E-state index contributed by atoms with van der Waals surface area (Å²) in [6.45, 7) is 0. The number of para-hydroxylation sites is 1. The Labute approximate surface area is 246 Å². The second-order valence-electron chi connectivity index (χ2n) is 10.4. The van der Waals surface area contributed by atoms with Crippen molar-refractivity contribution in [3.8, 4) is 5.75 Å². The van der Waals surface area contributed by atoms with E-state index in [9.17, 15) is 19.2 Å². The monoisotopic (exact) mass is 574 g/mol. The molecule has 0 aromatic heterocycles. The van der Waals surface area contributed by atoms with Crippen molar-refractivity contribution in [1.29, 1.82) is 0 Å². The number of halogens is 1. The third kappa shape index (κ3) is 4.13. The lowest BCUT2D eigenvalue weighted by molar-refractivity contribution is -0.139. The van der Waals surface area contributed by atoms with E-state index in [0.29, 0.717) is 21.8 Å². The van der Waals surface area contributed by atoms with Crippen LogP contribution in [0, 0.1) is 11.8 Å². The summed E-state index contributed by atoms with van der Waals surface area (Å²) in [5.41, 5.74) is 3.04. The van der Waals surface area contributed by atoms with Gasteiger partial charge in [0, 0.05) is 21.8 Å². The summed E-state index contributed by atoms with van der Waals surface area (Å²) in [5.74, 6) is -3.13. The topological polar surface area (TPSA) is 84.0 Å². The summed E-state index contributed by atoms with van der Waals surface area (Å²) >= 11 is 6.04. The highest BCUT2D eigenvalue weighted by molar-refractivity contribution is 6.31. The second-order valence-corrected chi connectivity index (χ2v) is 10.9. The van der Waals surface area contributed by atoms with Gasteiger partial charge in [0.05, 0.1) is 23.6 Å². The Morgan fingerprint density at radius 2 is 1.36 bits per heavy atom. The molecule has 7 rings (SSSR count). The maximum atomic E-state index is 13.9. The molecule has 4 aromatic carbocycles. The molecule has 2 amide bonds. The Hall–Kier alpha value is -5.01. The first-order valence-electron chi connectivity index (χ1n) is 13.5. The van der Waals surface area contributed by atoms with Crippen LogP contribution in [0.25, 0.3) is 6.08 Å². The molecule has 2 saturated heterocycles. The average molecular weight is 575 g/mol. The first-order valence-corrected chi connectivity index (χ1v) is 13.9. The fraction of sp³-hybridized carbons (Fsp3) is 0.118. The zero-order chi connectivity index (χ0) is 29.0. The van der Waals surface area contributed by atoms with Crippen molar-refractivity contribution in [2.24, 2.45) is 11.8 Å². The van der Waals surface area contributed by atoms with Gasteiger partial charge in [-0.1, -0.05) is 72.3 Å². The highest BCUT2D eigenvalue weighted by Gasteiger charge is 2.65. The Bertz CT molecular complexity index is 1770. The summed E-state index contributed by atoms with van der Waals surface area (Å²) < 4.78 is 5.84. The number of hydrogen-bond acceptors (Lipinski definition) is 6. The average Bonchev–Trinajstić information content (AvgIpc) is 3.50. The number of fused-ring (bicyclic) bond motifs is 5. The molecule has 3 aliphatic heterocycles. The number of nitrogens with zero attached hydrogens (tertiary/aromatic N) is 2. The molecule has 4 atom stereocenters. The van der Waals surface area contributed by atoms with Gasteiger partial charge in [-0.25, -0.2) is 9.69 Å². The van der Waals surface area contributed by atoms with E-state index >= 15 is 0 Å². The highest BCUT2D eigenvalue weighted by atomic mass is 35.5. The van der Waals surface area contributed by atoms with Gasteiger partial charge in [0.15, 0.2) is 5.78 Å². The van der Waals surface area contributed by atoms with Crippen molar-refractivity contribution in [3.63, 3.8) is 0 Å². The smallest absolute Gasteiger partial charge is 0.335 e. The fourth-order valence-electron chi connectivity index (χ4n) is 6.24. The van der Waals surface area contributed by atoms with Crippen LogP contribution in [0.15, 0.2) is 109 Å². The number of carbonyl (C=O) groups is 4. The minimum Gasteiger partial charge on any atom is -0.425 e. The molecular formula is C34H23ClN2O5. The molecule has 2 fully saturated rings. The SMILES string of the molecule is O=C(c1ccccc1)c1ccc(OC(=O)[C@H]2[C@@H]3C(=O)N(c4ccc(Cl)cc4)C(=O)[C@@H]3[C@H]3C=Cc4ccccc4N32)cc1. The highest BCUT2D eigenvalue weighted by Crippen LogP contribution is 2.49. The summed E-state index contributed by atoms with van der Waals surface area (Å²) in [7, 11) is 0. The van der Waals surface area contributed by atoms with Crippen LogP contribution in [0.2, 0.25) is 5.02 Å². The molecule has 0 radical (unpaired) electrons. The molecule has 7 nitrogen and oxygen atoms in total. The van der Waals surface area contributed by atoms with Crippen LogP contribution in [0.3, 0.4) is 0 Å². The summed E-state index contributed by atoms with van der Waals surface area (Å²) in [6.07, 6.45) is 3.81. The van der Waals surface area contributed by atoms with Crippen molar-refractivity contribution < 1.29 is 23.9 Å². The lowest BCUT2D eigenvalue weighted by Gasteiger charge is -2.36. The number of ketones is 1. The number of amides is 2. The van der Waals surface area contributed by atoms with Crippen molar-refractivity contribution in [2.45, 2.75) is 12.1 Å². The van der Waals surface area contributed by atoms with E-state index in [2.05, 4.69) is 0 Å². The summed E-state index contributed by atoms with van der Waals surface area (Å²) in [4.78, 5) is 57.5. The van der Waals surface area contributed by atoms with Crippen LogP contribution < -0.4 is 14.5 Å². The lowest BCUT2D eigenvalue weighted by Crippen LogP contribution is -2.50. The van der Waals surface area contributed by atoms with Crippen molar-refractivity contribution >= 4 is 52.6 Å². The quantitative estimate of drug-likeness (QED) is 0.134. The summed E-state index contributed by atoms with van der Waals surface area (Å²) in [6, 6.07) is 27.7. The zero-order valence-electron chi connectivity index (χ0n) is 22.1. The molecule has 206 valence electrons. The van der Waals surface area contributed by atoms with E-state index in [4.69, 9.17) is 16.3 Å². The van der Waals surface area contributed by atoms with Gasteiger partial charge in [0.1, 0.15) is 11.8 Å². The number of carbonyl (C=O) groups excluding carboxylic acids is 4. The molecule has 0 saturated carbocycles. The predicted octanol–water partition coefficient (Wildman–Crippen LogP) is 5.57. The molecule has 4 aromatic rings. The van der Waals surface area contributed by atoms with Crippen LogP contribution in [0.1, 0.15) is 21.5 Å². The largest absolute Gasteiger partial charge is 0.425 e. The van der Waals surface area contributed by atoms with E-state index in [1.807, 2.05) is 47.4 Å². The molecular weight excluding hydrogens is 552 g/mol. The van der Waals surface area contributed by atoms with Gasteiger partial charge in [-0.2, -0.15) is 0 Å². The van der Waals surface area contributed by atoms with Crippen molar-refractivity contribution in [1.82, 2.24) is 0 Å². The molecule has 42 heavy (non-hydrogen) atoms. The minimum absolute atomic E-state index is 0.149. The molecule has 8 heteroatoms. The number of ether oxygens (including phenoxy) is 1. The summed E-state index contributed by atoms with van der Waals surface area (Å²) in [5, 5.41) is 0.481. The van der Waals surface area contributed by atoms with Gasteiger partial charge in [-0.15, -0.1) is 0 Å². The molecule has 0 spiro atoms. The Balaban J connectivity index is 1.22. The molecule has 0 unspecified atom stereocenters. The maximum Gasteiger partial charge on any atom is 0.335 e.